The van der Waals surface area contributed by atoms with Gasteiger partial charge >= 0.3 is 10.2 Å². The first-order chi connectivity index (χ1) is 5.08. The summed E-state index contributed by atoms with van der Waals surface area (Å²) in [6.45, 7) is 0. The van der Waals surface area contributed by atoms with Crippen LogP contribution in [0.4, 0.5) is 3.89 Å². The molecule has 0 heterocycles. The lowest BCUT2D eigenvalue weighted by Crippen LogP contribution is -1.81. The van der Waals surface area contributed by atoms with Gasteiger partial charge in [-0.2, -0.15) is 8.42 Å². The SMILES string of the molecule is O=S(=O)(F)C=CC1=CCCC1. The number of hydrogen-bond acceptors (Lipinski definition) is 2. The molecule has 1 rings (SSSR count). The maximum atomic E-state index is 11.9. The molecule has 1 aliphatic rings. The van der Waals surface area contributed by atoms with Crippen molar-refractivity contribution < 1.29 is 12.3 Å². The molecule has 0 saturated heterocycles. The van der Waals surface area contributed by atoms with Crippen LogP contribution >= 0.6 is 0 Å². The molecule has 0 atom stereocenters. The molecular formula is C7H9FO2S. The highest BCUT2D eigenvalue weighted by Crippen LogP contribution is 2.18. The van der Waals surface area contributed by atoms with E-state index in [1.54, 1.807) is 0 Å². The van der Waals surface area contributed by atoms with Crippen molar-refractivity contribution in [2.24, 2.45) is 0 Å². The van der Waals surface area contributed by atoms with Gasteiger partial charge in [-0.3, -0.25) is 0 Å². The summed E-state index contributed by atoms with van der Waals surface area (Å²) >= 11 is 0. The Morgan fingerprint density at radius 1 is 1.55 bits per heavy atom. The maximum absolute atomic E-state index is 11.9. The van der Waals surface area contributed by atoms with Crippen LogP contribution in [-0.2, 0) is 10.2 Å². The summed E-state index contributed by atoms with van der Waals surface area (Å²) in [6, 6.07) is 0. The van der Waals surface area contributed by atoms with Crippen molar-refractivity contribution >= 4 is 10.2 Å². The van der Waals surface area contributed by atoms with E-state index in [9.17, 15) is 12.3 Å². The smallest absolute Gasteiger partial charge is 0.190 e. The van der Waals surface area contributed by atoms with Gasteiger partial charge in [-0.15, -0.1) is 3.89 Å². The third-order valence-electron chi connectivity index (χ3n) is 1.52. The molecule has 2 nitrogen and oxygen atoms in total. The molecular weight excluding hydrogens is 167 g/mol. The van der Waals surface area contributed by atoms with Crippen LogP contribution in [0.15, 0.2) is 23.1 Å². The number of allylic oxidation sites excluding steroid dienone is 3. The average molecular weight is 176 g/mol. The summed E-state index contributed by atoms with van der Waals surface area (Å²) in [5.74, 6) is 0. The van der Waals surface area contributed by atoms with E-state index in [0.29, 0.717) is 5.41 Å². The molecule has 0 aliphatic heterocycles. The van der Waals surface area contributed by atoms with Crippen LogP contribution in [-0.4, -0.2) is 8.42 Å². The van der Waals surface area contributed by atoms with Crippen molar-refractivity contribution in [1.29, 1.82) is 0 Å². The summed E-state index contributed by atoms with van der Waals surface area (Å²) in [7, 11) is -4.43. The van der Waals surface area contributed by atoms with Crippen LogP contribution in [0.5, 0.6) is 0 Å². The minimum atomic E-state index is -4.43. The van der Waals surface area contributed by atoms with E-state index in [1.165, 1.54) is 6.08 Å². The van der Waals surface area contributed by atoms with E-state index < -0.39 is 10.2 Å². The average Bonchev–Trinajstić information content (AvgIpc) is 2.32. The Morgan fingerprint density at radius 2 is 2.27 bits per heavy atom. The van der Waals surface area contributed by atoms with E-state index in [2.05, 4.69) is 0 Å². The first kappa shape index (κ1) is 8.46. The summed E-state index contributed by atoms with van der Waals surface area (Å²) in [4.78, 5) is 0. The second kappa shape index (κ2) is 3.17. The van der Waals surface area contributed by atoms with Gasteiger partial charge in [0.15, 0.2) is 0 Å². The molecule has 0 N–H and O–H groups in total. The molecule has 0 fully saturated rings. The van der Waals surface area contributed by atoms with Crippen LogP contribution in [0.2, 0.25) is 0 Å². The Bertz CT molecular complexity index is 288. The fourth-order valence-electron chi connectivity index (χ4n) is 1.02. The molecule has 0 aromatic rings. The summed E-state index contributed by atoms with van der Waals surface area (Å²) in [6.07, 6.45) is 6.09. The molecule has 62 valence electrons. The molecule has 0 amide bonds. The normalized spacial score (nSPS) is 19.2. The van der Waals surface area contributed by atoms with Gasteiger partial charge in [0.2, 0.25) is 0 Å². The zero-order valence-corrected chi connectivity index (χ0v) is 6.77. The largest absolute Gasteiger partial charge is 0.325 e. The lowest BCUT2D eigenvalue weighted by Gasteiger charge is -1.87. The fourth-order valence-corrected chi connectivity index (χ4v) is 1.35. The van der Waals surface area contributed by atoms with Gasteiger partial charge in [0.1, 0.15) is 0 Å². The quantitative estimate of drug-likeness (QED) is 0.602. The lowest BCUT2D eigenvalue weighted by molar-refractivity contribution is 0.563. The van der Waals surface area contributed by atoms with E-state index >= 15 is 0 Å². The van der Waals surface area contributed by atoms with Crippen molar-refractivity contribution in [3.8, 4) is 0 Å². The van der Waals surface area contributed by atoms with Gasteiger partial charge < -0.3 is 0 Å². The minimum Gasteiger partial charge on any atom is -0.190 e. The van der Waals surface area contributed by atoms with Crippen LogP contribution in [0.25, 0.3) is 0 Å². The van der Waals surface area contributed by atoms with E-state index in [1.807, 2.05) is 6.08 Å². The zero-order valence-electron chi connectivity index (χ0n) is 5.96. The molecule has 0 bridgehead atoms. The number of halogens is 1. The van der Waals surface area contributed by atoms with E-state index in [0.717, 1.165) is 24.8 Å². The molecule has 1 aliphatic carbocycles. The second-order valence-electron chi connectivity index (χ2n) is 2.45. The Kier molecular flexibility index (Phi) is 2.44. The van der Waals surface area contributed by atoms with Crippen LogP contribution in [0.3, 0.4) is 0 Å². The Hall–Kier alpha value is -0.640. The predicted molar refractivity (Wildman–Crippen MR) is 41.1 cm³/mol. The van der Waals surface area contributed by atoms with Gasteiger partial charge in [0, 0.05) is 0 Å². The molecule has 0 saturated carbocycles. The highest BCUT2D eigenvalue weighted by molar-refractivity contribution is 7.89. The standard InChI is InChI=1S/C7H9FO2S/c8-11(9,10)6-5-7-3-1-2-4-7/h3,5-6H,1-2,4H2. The predicted octanol–water partition coefficient (Wildman–Crippen LogP) is 1.91. The Morgan fingerprint density at radius 3 is 2.73 bits per heavy atom. The monoisotopic (exact) mass is 176 g/mol. The highest BCUT2D eigenvalue weighted by Gasteiger charge is 2.03. The second-order valence-corrected chi connectivity index (χ2v) is 3.67. The molecule has 0 radical (unpaired) electrons. The molecule has 0 aromatic carbocycles. The van der Waals surface area contributed by atoms with Crippen LogP contribution in [0.1, 0.15) is 19.3 Å². The van der Waals surface area contributed by atoms with Gasteiger partial charge in [0.05, 0.1) is 5.41 Å². The van der Waals surface area contributed by atoms with Crippen molar-refractivity contribution in [2.75, 3.05) is 0 Å². The van der Waals surface area contributed by atoms with Crippen molar-refractivity contribution in [1.82, 2.24) is 0 Å². The van der Waals surface area contributed by atoms with Gasteiger partial charge in [-0.1, -0.05) is 11.6 Å². The number of rotatable bonds is 2. The maximum Gasteiger partial charge on any atom is 0.325 e. The van der Waals surface area contributed by atoms with Crippen LogP contribution in [0, 0.1) is 0 Å². The minimum absolute atomic E-state index is 0.601. The van der Waals surface area contributed by atoms with E-state index in [-0.39, 0.29) is 0 Å². The third kappa shape index (κ3) is 3.32. The Balaban J connectivity index is 2.61. The van der Waals surface area contributed by atoms with Gasteiger partial charge in [0.25, 0.3) is 0 Å². The summed E-state index contributed by atoms with van der Waals surface area (Å²) in [5.41, 5.74) is 0.909. The summed E-state index contributed by atoms with van der Waals surface area (Å²) < 4.78 is 31.9. The molecule has 0 spiro atoms. The van der Waals surface area contributed by atoms with Crippen molar-refractivity contribution in [2.45, 2.75) is 19.3 Å². The molecule has 0 aromatic heterocycles. The van der Waals surface area contributed by atoms with Gasteiger partial charge in [-0.05, 0) is 25.3 Å². The third-order valence-corrected chi connectivity index (χ3v) is 1.98. The lowest BCUT2D eigenvalue weighted by atomic mass is 10.2. The molecule has 0 unspecified atom stereocenters. The summed E-state index contributed by atoms with van der Waals surface area (Å²) in [5, 5.41) is 0.601. The van der Waals surface area contributed by atoms with Crippen molar-refractivity contribution in [3.05, 3.63) is 23.1 Å². The highest BCUT2D eigenvalue weighted by atomic mass is 32.3. The first-order valence-electron chi connectivity index (χ1n) is 3.40. The van der Waals surface area contributed by atoms with Gasteiger partial charge in [-0.25, -0.2) is 0 Å². The van der Waals surface area contributed by atoms with Crippen LogP contribution < -0.4 is 0 Å². The van der Waals surface area contributed by atoms with Crippen molar-refractivity contribution in [3.63, 3.8) is 0 Å². The van der Waals surface area contributed by atoms with E-state index in [4.69, 9.17) is 0 Å². The molecule has 11 heavy (non-hydrogen) atoms. The topological polar surface area (TPSA) is 34.1 Å². The molecule has 4 heteroatoms. The number of hydrogen-bond donors (Lipinski definition) is 0. The Labute approximate surface area is 65.6 Å². The first-order valence-corrected chi connectivity index (χ1v) is 4.84. The zero-order chi connectivity index (χ0) is 8.32. The fraction of sp³-hybridized carbons (Fsp3) is 0.429.